The number of hydrogen-bond acceptors (Lipinski definition) is 1. The zero-order valence-corrected chi connectivity index (χ0v) is 11.0. The van der Waals surface area contributed by atoms with Gasteiger partial charge in [-0.05, 0) is 18.2 Å². The minimum Gasteiger partial charge on any atom is -0.334 e. The lowest BCUT2D eigenvalue weighted by Crippen LogP contribution is -3.12. The highest BCUT2D eigenvalue weighted by atomic mass is 79.9. The van der Waals surface area contributed by atoms with Crippen LogP contribution in [0, 0.1) is 0 Å². The van der Waals surface area contributed by atoms with Gasteiger partial charge in [0.15, 0.2) is 0 Å². The lowest BCUT2D eigenvalue weighted by Gasteiger charge is -2.30. The fourth-order valence-corrected chi connectivity index (χ4v) is 2.29. The van der Waals surface area contributed by atoms with E-state index in [4.69, 9.17) is 0 Å². The minimum atomic E-state index is 0.147. The molecule has 1 heterocycles. The van der Waals surface area contributed by atoms with Crippen molar-refractivity contribution in [1.82, 2.24) is 4.90 Å². The molecule has 0 aliphatic carbocycles. The van der Waals surface area contributed by atoms with E-state index in [0.717, 1.165) is 36.2 Å². The van der Waals surface area contributed by atoms with Crippen molar-refractivity contribution in [3.05, 3.63) is 34.3 Å². The van der Waals surface area contributed by atoms with Crippen LogP contribution >= 0.6 is 15.9 Å². The maximum Gasteiger partial charge on any atom is 0.254 e. The standard InChI is InChI=1S/C12H15BrN2O/c1-14-5-7-15(8-6-14)12(16)10-3-2-4-11(13)9-10/h2-4,9H,5-8H2,1H3/p+1. The predicted molar refractivity (Wildman–Crippen MR) is 66.7 cm³/mol. The van der Waals surface area contributed by atoms with E-state index in [0.29, 0.717) is 0 Å². The summed E-state index contributed by atoms with van der Waals surface area (Å²) < 4.78 is 0.957. The van der Waals surface area contributed by atoms with Crippen LogP contribution in [0.3, 0.4) is 0 Å². The van der Waals surface area contributed by atoms with Crippen molar-refractivity contribution in [3.8, 4) is 0 Å². The number of amides is 1. The van der Waals surface area contributed by atoms with Crippen molar-refractivity contribution in [2.75, 3.05) is 33.2 Å². The molecule has 0 spiro atoms. The van der Waals surface area contributed by atoms with Gasteiger partial charge in [0.2, 0.25) is 0 Å². The van der Waals surface area contributed by atoms with Crippen molar-refractivity contribution in [3.63, 3.8) is 0 Å². The Morgan fingerprint density at radius 3 is 2.69 bits per heavy atom. The van der Waals surface area contributed by atoms with Gasteiger partial charge in [-0.2, -0.15) is 0 Å². The largest absolute Gasteiger partial charge is 0.334 e. The zero-order valence-electron chi connectivity index (χ0n) is 9.37. The quantitative estimate of drug-likeness (QED) is 0.794. The van der Waals surface area contributed by atoms with Gasteiger partial charge in [0, 0.05) is 10.0 Å². The fourth-order valence-electron chi connectivity index (χ4n) is 1.90. The molecular weight excluding hydrogens is 268 g/mol. The van der Waals surface area contributed by atoms with Gasteiger partial charge in [-0.3, -0.25) is 4.79 Å². The first-order valence-corrected chi connectivity index (χ1v) is 6.32. The van der Waals surface area contributed by atoms with Crippen molar-refractivity contribution in [2.24, 2.45) is 0 Å². The number of piperazine rings is 1. The number of hydrogen-bond donors (Lipinski definition) is 1. The van der Waals surface area contributed by atoms with Crippen molar-refractivity contribution >= 4 is 21.8 Å². The third kappa shape index (κ3) is 2.62. The molecule has 2 rings (SSSR count). The number of carbonyl (C=O) groups is 1. The first-order valence-electron chi connectivity index (χ1n) is 5.53. The Labute approximate surface area is 104 Å². The number of quaternary nitrogens is 1. The third-order valence-corrected chi connectivity index (χ3v) is 3.47. The number of benzene rings is 1. The summed E-state index contributed by atoms with van der Waals surface area (Å²) in [6.07, 6.45) is 0. The van der Waals surface area contributed by atoms with Gasteiger partial charge in [0.1, 0.15) is 0 Å². The molecule has 1 aromatic rings. The van der Waals surface area contributed by atoms with Crippen LogP contribution in [0.15, 0.2) is 28.7 Å². The molecule has 1 saturated heterocycles. The molecule has 0 unspecified atom stereocenters. The van der Waals surface area contributed by atoms with E-state index in [-0.39, 0.29) is 5.91 Å². The van der Waals surface area contributed by atoms with Gasteiger partial charge in [-0.25, -0.2) is 0 Å². The average Bonchev–Trinajstić information content (AvgIpc) is 2.29. The van der Waals surface area contributed by atoms with Crippen LogP contribution in [0.4, 0.5) is 0 Å². The van der Waals surface area contributed by atoms with Gasteiger partial charge in [-0.15, -0.1) is 0 Å². The van der Waals surface area contributed by atoms with Crippen molar-refractivity contribution in [1.29, 1.82) is 0 Å². The average molecular weight is 284 g/mol. The zero-order chi connectivity index (χ0) is 11.5. The summed E-state index contributed by atoms with van der Waals surface area (Å²) in [6, 6.07) is 7.59. The molecule has 16 heavy (non-hydrogen) atoms. The van der Waals surface area contributed by atoms with Crippen LogP contribution in [-0.2, 0) is 0 Å². The number of nitrogens with zero attached hydrogens (tertiary/aromatic N) is 1. The van der Waals surface area contributed by atoms with Crippen LogP contribution in [0.5, 0.6) is 0 Å². The summed E-state index contributed by atoms with van der Waals surface area (Å²) in [5, 5.41) is 0. The fraction of sp³-hybridized carbons (Fsp3) is 0.417. The Kier molecular flexibility index (Phi) is 3.61. The van der Waals surface area contributed by atoms with Crippen molar-refractivity contribution in [2.45, 2.75) is 0 Å². The molecule has 0 atom stereocenters. The predicted octanol–water partition coefficient (Wildman–Crippen LogP) is 0.420. The highest BCUT2D eigenvalue weighted by Crippen LogP contribution is 2.13. The highest BCUT2D eigenvalue weighted by Gasteiger charge is 2.22. The maximum atomic E-state index is 12.2. The number of likely N-dealkylation sites (N-methyl/N-ethyl adjacent to an activating group) is 1. The Balaban J connectivity index is 2.08. The van der Waals surface area contributed by atoms with Crippen LogP contribution < -0.4 is 4.90 Å². The van der Waals surface area contributed by atoms with E-state index in [9.17, 15) is 4.79 Å². The first kappa shape index (κ1) is 11.6. The molecule has 1 aromatic carbocycles. The molecule has 1 amide bonds. The van der Waals surface area contributed by atoms with E-state index < -0.39 is 0 Å². The number of halogens is 1. The summed E-state index contributed by atoms with van der Waals surface area (Å²) >= 11 is 3.39. The Morgan fingerprint density at radius 1 is 1.38 bits per heavy atom. The normalized spacial score (nSPS) is 17.5. The molecule has 86 valence electrons. The van der Waals surface area contributed by atoms with Gasteiger partial charge in [0.05, 0.1) is 33.2 Å². The van der Waals surface area contributed by atoms with E-state index in [1.54, 1.807) is 0 Å². The second kappa shape index (κ2) is 4.97. The smallest absolute Gasteiger partial charge is 0.254 e. The van der Waals surface area contributed by atoms with Crippen LogP contribution in [-0.4, -0.2) is 44.0 Å². The van der Waals surface area contributed by atoms with Gasteiger partial charge in [-0.1, -0.05) is 22.0 Å². The Morgan fingerprint density at radius 2 is 2.06 bits per heavy atom. The van der Waals surface area contributed by atoms with E-state index >= 15 is 0 Å². The SMILES string of the molecule is C[NH+]1CCN(C(=O)c2cccc(Br)c2)CC1. The number of carbonyl (C=O) groups excluding carboxylic acids is 1. The molecular formula is C12H16BrN2O+. The van der Waals surface area contributed by atoms with Gasteiger partial charge >= 0.3 is 0 Å². The highest BCUT2D eigenvalue weighted by molar-refractivity contribution is 9.10. The third-order valence-electron chi connectivity index (χ3n) is 2.98. The number of rotatable bonds is 1. The lowest BCUT2D eigenvalue weighted by atomic mass is 10.2. The Hall–Kier alpha value is -0.870. The molecule has 0 bridgehead atoms. The summed E-state index contributed by atoms with van der Waals surface area (Å²) in [5.41, 5.74) is 0.772. The van der Waals surface area contributed by atoms with Crippen LogP contribution in [0.25, 0.3) is 0 Å². The van der Waals surface area contributed by atoms with E-state index in [1.165, 1.54) is 4.90 Å². The maximum absolute atomic E-state index is 12.2. The second-order valence-electron chi connectivity index (χ2n) is 4.26. The van der Waals surface area contributed by atoms with Crippen molar-refractivity contribution < 1.29 is 9.69 Å². The molecule has 1 aliphatic rings. The molecule has 1 fully saturated rings. The van der Waals surface area contributed by atoms with Gasteiger partial charge in [0.25, 0.3) is 5.91 Å². The second-order valence-corrected chi connectivity index (χ2v) is 5.18. The molecule has 4 heteroatoms. The topological polar surface area (TPSA) is 24.8 Å². The van der Waals surface area contributed by atoms with Gasteiger partial charge < -0.3 is 9.80 Å². The monoisotopic (exact) mass is 283 g/mol. The van der Waals surface area contributed by atoms with Crippen LogP contribution in [0.1, 0.15) is 10.4 Å². The van der Waals surface area contributed by atoms with E-state index in [1.807, 2.05) is 29.2 Å². The summed E-state index contributed by atoms with van der Waals surface area (Å²) in [5.74, 6) is 0.147. The molecule has 1 N–H and O–H groups in total. The molecule has 0 radical (unpaired) electrons. The van der Waals surface area contributed by atoms with E-state index in [2.05, 4.69) is 23.0 Å². The summed E-state index contributed by atoms with van der Waals surface area (Å²) in [4.78, 5) is 15.6. The first-order chi connectivity index (χ1) is 7.66. The Bertz CT molecular complexity index is 386. The van der Waals surface area contributed by atoms with Crippen LogP contribution in [0.2, 0.25) is 0 Å². The lowest BCUT2D eigenvalue weighted by molar-refractivity contribution is -0.883. The molecule has 1 aliphatic heterocycles. The minimum absolute atomic E-state index is 0.147. The molecule has 0 aromatic heterocycles. The summed E-state index contributed by atoms with van der Waals surface area (Å²) in [6.45, 7) is 3.80. The summed E-state index contributed by atoms with van der Waals surface area (Å²) in [7, 11) is 2.17. The number of nitrogens with one attached hydrogen (secondary N) is 1. The molecule has 3 nitrogen and oxygen atoms in total. The molecule has 0 saturated carbocycles.